The van der Waals surface area contributed by atoms with Gasteiger partial charge in [0.1, 0.15) is 10.7 Å². The molecule has 6 nitrogen and oxygen atoms in total. The standard InChI is InChI=1S/C16H14N4O2S2/c1-9-12(13(17)21)15(19-14(22)11-7-8-18-20-11)24-16(9)23-10-5-3-2-4-6-10/h2-8H,1H3,(H2,17,21)(H,18,20)(H,19,22). The van der Waals surface area contributed by atoms with Crippen LogP contribution >= 0.6 is 23.1 Å². The van der Waals surface area contributed by atoms with Crippen LogP contribution in [0.4, 0.5) is 5.00 Å². The first-order valence-electron chi connectivity index (χ1n) is 7.03. The Labute approximate surface area is 146 Å². The number of rotatable bonds is 5. The van der Waals surface area contributed by atoms with Crippen LogP contribution in [0.25, 0.3) is 0 Å². The molecule has 0 bridgehead atoms. The number of nitrogens with one attached hydrogen (secondary N) is 2. The summed E-state index contributed by atoms with van der Waals surface area (Å²) in [5, 5.41) is 9.57. The van der Waals surface area contributed by atoms with Crippen molar-refractivity contribution >= 4 is 39.9 Å². The van der Waals surface area contributed by atoms with Gasteiger partial charge in [-0.15, -0.1) is 11.3 Å². The number of aromatic nitrogens is 2. The van der Waals surface area contributed by atoms with E-state index in [0.29, 0.717) is 10.6 Å². The van der Waals surface area contributed by atoms with Gasteiger partial charge >= 0.3 is 0 Å². The number of carbonyl (C=O) groups is 2. The summed E-state index contributed by atoms with van der Waals surface area (Å²) in [6.45, 7) is 1.83. The topological polar surface area (TPSA) is 101 Å². The van der Waals surface area contributed by atoms with Crippen LogP contribution < -0.4 is 11.1 Å². The van der Waals surface area contributed by atoms with E-state index in [1.54, 1.807) is 12.3 Å². The van der Waals surface area contributed by atoms with E-state index >= 15 is 0 Å². The maximum Gasteiger partial charge on any atom is 0.276 e. The molecule has 0 radical (unpaired) electrons. The van der Waals surface area contributed by atoms with Crippen molar-refractivity contribution in [3.63, 3.8) is 0 Å². The highest BCUT2D eigenvalue weighted by Gasteiger charge is 2.22. The largest absolute Gasteiger partial charge is 0.365 e. The molecule has 122 valence electrons. The lowest BCUT2D eigenvalue weighted by atomic mass is 10.2. The van der Waals surface area contributed by atoms with E-state index < -0.39 is 11.8 Å². The Balaban J connectivity index is 1.92. The number of carbonyl (C=O) groups excluding carboxylic acids is 2. The Morgan fingerprint density at radius 1 is 1.25 bits per heavy atom. The Bertz CT molecular complexity index is 873. The minimum atomic E-state index is -0.569. The number of thiophene rings is 1. The van der Waals surface area contributed by atoms with Crippen LogP contribution in [0.3, 0.4) is 0 Å². The Morgan fingerprint density at radius 3 is 2.62 bits per heavy atom. The normalized spacial score (nSPS) is 10.5. The SMILES string of the molecule is Cc1c(Sc2ccccc2)sc(NC(=O)c2cc[nH]n2)c1C(N)=O. The molecule has 0 saturated heterocycles. The molecule has 1 aromatic carbocycles. The molecule has 3 aromatic rings. The molecule has 4 N–H and O–H groups in total. The maximum absolute atomic E-state index is 12.2. The van der Waals surface area contributed by atoms with Gasteiger partial charge < -0.3 is 11.1 Å². The second kappa shape index (κ2) is 6.90. The summed E-state index contributed by atoms with van der Waals surface area (Å²) in [5.41, 5.74) is 6.84. The molecule has 24 heavy (non-hydrogen) atoms. The molecule has 0 spiro atoms. The second-order valence-corrected chi connectivity index (χ2v) is 7.27. The fraction of sp³-hybridized carbons (Fsp3) is 0.0625. The Hall–Kier alpha value is -2.58. The van der Waals surface area contributed by atoms with Crippen molar-refractivity contribution in [2.24, 2.45) is 5.73 Å². The molecule has 3 rings (SSSR count). The lowest BCUT2D eigenvalue weighted by molar-refractivity contribution is 0.100. The predicted octanol–water partition coefficient (Wildman–Crippen LogP) is 3.28. The summed E-state index contributed by atoms with van der Waals surface area (Å²) >= 11 is 2.86. The van der Waals surface area contributed by atoms with E-state index in [2.05, 4.69) is 15.5 Å². The van der Waals surface area contributed by atoms with Crippen LogP contribution in [0.1, 0.15) is 26.4 Å². The van der Waals surface area contributed by atoms with Gasteiger partial charge in [-0.3, -0.25) is 14.7 Å². The van der Waals surface area contributed by atoms with Gasteiger partial charge in [0.25, 0.3) is 11.8 Å². The third kappa shape index (κ3) is 3.34. The van der Waals surface area contributed by atoms with Crippen molar-refractivity contribution < 1.29 is 9.59 Å². The quantitative estimate of drug-likeness (QED) is 0.651. The van der Waals surface area contributed by atoms with E-state index in [4.69, 9.17) is 5.73 Å². The first-order chi connectivity index (χ1) is 11.6. The van der Waals surface area contributed by atoms with Gasteiger partial charge in [-0.1, -0.05) is 30.0 Å². The number of benzene rings is 1. The van der Waals surface area contributed by atoms with E-state index in [0.717, 1.165) is 14.7 Å². The average molecular weight is 358 g/mol. The number of anilines is 1. The highest BCUT2D eigenvalue weighted by atomic mass is 32.2. The molecule has 8 heteroatoms. The van der Waals surface area contributed by atoms with Crippen LogP contribution in [0.15, 0.2) is 51.7 Å². The van der Waals surface area contributed by atoms with E-state index in [1.165, 1.54) is 23.1 Å². The molecule has 2 aromatic heterocycles. The van der Waals surface area contributed by atoms with Crippen molar-refractivity contribution in [3.05, 3.63) is 59.4 Å². The molecule has 0 aliphatic rings. The van der Waals surface area contributed by atoms with Crippen molar-refractivity contribution in [2.45, 2.75) is 16.0 Å². The first kappa shape index (κ1) is 16.3. The zero-order valence-corrected chi connectivity index (χ0v) is 14.3. The summed E-state index contributed by atoms with van der Waals surface area (Å²) in [7, 11) is 0. The number of H-pyrrole nitrogens is 1. The number of nitrogens with two attached hydrogens (primary N) is 1. The third-order valence-electron chi connectivity index (χ3n) is 3.26. The number of primary amides is 1. The van der Waals surface area contributed by atoms with E-state index in [-0.39, 0.29) is 5.69 Å². The molecule has 0 unspecified atom stereocenters. The molecule has 0 atom stereocenters. The molecular weight excluding hydrogens is 344 g/mol. The van der Waals surface area contributed by atoms with Gasteiger partial charge in [0.2, 0.25) is 0 Å². The van der Waals surface area contributed by atoms with Crippen LogP contribution in [0, 0.1) is 6.92 Å². The smallest absolute Gasteiger partial charge is 0.276 e. The van der Waals surface area contributed by atoms with Crippen LogP contribution in [-0.2, 0) is 0 Å². The van der Waals surface area contributed by atoms with Gasteiger partial charge in [0.05, 0.1) is 9.77 Å². The third-order valence-corrected chi connectivity index (χ3v) is 5.76. The maximum atomic E-state index is 12.2. The number of hydrogen-bond acceptors (Lipinski definition) is 5. The molecule has 0 aliphatic carbocycles. The fourth-order valence-electron chi connectivity index (χ4n) is 2.12. The molecule has 2 heterocycles. The van der Waals surface area contributed by atoms with Gasteiger partial charge in [0, 0.05) is 11.1 Å². The van der Waals surface area contributed by atoms with Crippen molar-refractivity contribution in [2.75, 3.05) is 5.32 Å². The lowest BCUT2D eigenvalue weighted by Gasteiger charge is -2.02. The summed E-state index contributed by atoms with van der Waals surface area (Å²) in [6, 6.07) is 11.3. The van der Waals surface area contributed by atoms with Crippen molar-refractivity contribution in [3.8, 4) is 0 Å². The van der Waals surface area contributed by atoms with Crippen LogP contribution in [-0.4, -0.2) is 22.0 Å². The molecule has 0 saturated carbocycles. The summed E-state index contributed by atoms with van der Waals surface area (Å²) in [4.78, 5) is 25.1. The minimum Gasteiger partial charge on any atom is -0.365 e. The number of amides is 2. The lowest BCUT2D eigenvalue weighted by Crippen LogP contribution is -2.17. The van der Waals surface area contributed by atoms with E-state index in [9.17, 15) is 9.59 Å². The molecule has 2 amide bonds. The highest BCUT2D eigenvalue weighted by Crippen LogP contribution is 2.42. The predicted molar refractivity (Wildman–Crippen MR) is 94.7 cm³/mol. The number of aromatic amines is 1. The second-order valence-electron chi connectivity index (χ2n) is 4.91. The first-order valence-corrected chi connectivity index (χ1v) is 8.66. The van der Waals surface area contributed by atoms with Gasteiger partial charge in [0.15, 0.2) is 0 Å². The summed E-state index contributed by atoms with van der Waals surface area (Å²) < 4.78 is 0.910. The Kier molecular flexibility index (Phi) is 4.68. The average Bonchev–Trinajstić information content (AvgIpc) is 3.18. The summed E-state index contributed by atoms with van der Waals surface area (Å²) in [6.07, 6.45) is 1.56. The zero-order chi connectivity index (χ0) is 17.1. The monoisotopic (exact) mass is 358 g/mol. The van der Waals surface area contributed by atoms with E-state index in [1.807, 2.05) is 37.3 Å². The fourth-order valence-corrected chi connectivity index (χ4v) is 4.53. The number of hydrogen-bond donors (Lipinski definition) is 3. The zero-order valence-electron chi connectivity index (χ0n) is 12.7. The molecule has 0 fully saturated rings. The van der Waals surface area contributed by atoms with Crippen molar-refractivity contribution in [1.29, 1.82) is 0 Å². The van der Waals surface area contributed by atoms with Crippen LogP contribution in [0.2, 0.25) is 0 Å². The van der Waals surface area contributed by atoms with Gasteiger partial charge in [-0.2, -0.15) is 5.10 Å². The highest BCUT2D eigenvalue weighted by molar-refractivity contribution is 8.01. The van der Waals surface area contributed by atoms with Crippen molar-refractivity contribution in [1.82, 2.24) is 10.2 Å². The van der Waals surface area contributed by atoms with Gasteiger partial charge in [-0.05, 0) is 30.7 Å². The Morgan fingerprint density at radius 2 is 2.00 bits per heavy atom. The van der Waals surface area contributed by atoms with Crippen LogP contribution in [0.5, 0.6) is 0 Å². The minimum absolute atomic E-state index is 0.244. The molecule has 0 aliphatic heterocycles. The summed E-state index contributed by atoms with van der Waals surface area (Å²) in [5.74, 6) is -0.961. The van der Waals surface area contributed by atoms with Gasteiger partial charge in [-0.25, -0.2) is 0 Å². The molecular formula is C16H14N4O2S2. The number of nitrogens with zero attached hydrogens (tertiary/aromatic N) is 1.